The largest absolute Gasteiger partial charge is 0.497 e. The average Bonchev–Trinajstić information content (AvgIpc) is 2.39. The van der Waals surface area contributed by atoms with Crippen LogP contribution in [0.4, 0.5) is 0 Å². The predicted molar refractivity (Wildman–Crippen MR) is 67.5 cm³/mol. The van der Waals surface area contributed by atoms with Crippen molar-refractivity contribution in [3.63, 3.8) is 0 Å². The minimum atomic E-state index is 0.639. The van der Waals surface area contributed by atoms with Crippen molar-refractivity contribution in [1.29, 1.82) is 0 Å². The fraction of sp³-hybridized carbons (Fsp3) is 0.214. The summed E-state index contributed by atoms with van der Waals surface area (Å²) in [5.41, 5.74) is 3.37. The normalized spacial score (nSPS) is 10.1. The molecule has 0 saturated carbocycles. The molecule has 3 nitrogen and oxygen atoms in total. The molecule has 0 radical (unpaired) electrons. The van der Waals surface area contributed by atoms with Gasteiger partial charge in [-0.3, -0.25) is 0 Å². The molecule has 0 N–H and O–H groups in total. The number of aromatic nitrogens is 1. The van der Waals surface area contributed by atoms with Gasteiger partial charge in [0.25, 0.3) is 0 Å². The van der Waals surface area contributed by atoms with Gasteiger partial charge in [0, 0.05) is 17.8 Å². The highest BCUT2D eigenvalue weighted by Gasteiger charge is 2.04. The summed E-state index contributed by atoms with van der Waals surface area (Å²) in [5, 5.41) is 0. The van der Waals surface area contributed by atoms with Crippen LogP contribution in [0.3, 0.4) is 0 Å². The number of rotatable bonds is 3. The number of benzene rings is 1. The molecular formula is C14H15NO2. The van der Waals surface area contributed by atoms with Crippen molar-refractivity contribution >= 4 is 0 Å². The van der Waals surface area contributed by atoms with Gasteiger partial charge >= 0.3 is 0 Å². The molecule has 3 heteroatoms. The molecule has 2 rings (SSSR count). The Kier molecular flexibility index (Phi) is 3.28. The third-order valence-corrected chi connectivity index (χ3v) is 2.70. The Morgan fingerprint density at radius 2 is 1.71 bits per heavy atom. The fourth-order valence-electron chi connectivity index (χ4n) is 1.71. The summed E-state index contributed by atoms with van der Waals surface area (Å²) < 4.78 is 10.2. The molecule has 88 valence electrons. The summed E-state index contributed by atoms with van der Waals surface area (Å²) in [6.45, 7) is 2.05. The van der Waals surface area contributed by atoms with E-state index in [2.05, 4.69) is 4.98 Å². The number of methoxy groups -OCH3 is 2. The third-order valence-electron chi connectivity index (χ3n) is 2.70. The second-order valence-corrected chi connectivity index (χ2v) is 3.77. The molecule has 0 saturated heterocycles. The van der Waals surface area contributed by atoms with Gasteiger partial charge in [0.2, 0.25) is 5.88 Å². The lowest BCUT2D eigenvalue weighted by Crippen LogP contribution is -1.91. The van der Waals surface area contributed by atoms with E-state index in [9.17, 15) is 0 Å². The van der Waals surface area contributed by atoms with Crippen LogP contribution in [0.2, 0.25) is 0 Å². The van der Waals surface area contributed by atoms with Crippen molar-refractivity contribution in [2.75, 3.05) is 14.2 Å². The number of aryl methyl sites for hydroxylation is 1. The number of ether oxygens (including phenoxy) is 2. The Labute approximate surface area is 101 Å². The Hall–Kier alpha value is -2.03. The van der Waals surface area contributed by atoms with Crippen LogP contribution in [0.5, 0.6) is 11.6 Å². The van der Waals surface area contributed by atoms with Gasteiger partial charge in [-0.05, 0) is 30.2 Å². The van der Waals surface area contributed by atoms with Gasteiger partial charge in [-0.2, -0.15) is 0 Å². The summed E-state index contributed by atoms with van der Waals surface area (Å²) >= 11 is 0. The van der Waals surface area contributed by atoms with E-state index < -0.39 is 0 Å². The first kappa shape index (κ1) is 11.5. The first-order valence-electron chi connectivity index (χ1n) is 5.39. The SMILES string of the molecule is COc1ccc(-c2cnc(OC)cc2C)cc1. The molecule has 1 heterocycles. The molecule has 2 aromatic rings. The van der Waals surface area contributed by atoms with Crippen molar-refractivity contribution in [2.24, 2.45) is 0 Å². The summed E-state index contributed by atoms with van der Waals surface area (Å²) in [6, 6.07) is 9.86. The summed E-state index contributed by atoms with van der Waals surface area (Å²) in [5.74, 6) is 1.49. The lowest BCUT2D eigenvalue weighted by molar-refractivity contribution is 0.397. The maximum absolute atomic E-state index is 5.14. The van der Waals surface area contributed by atoms with Crippen LogP contribution in [0.25, 0.3) is 11.1 Å². The standard InChI is InChI=1S/C14H15NO2/c1-10-8-14(17-3)15-9-13(10)11-4-6-12(16-2)7-5-11/h4-9H,1-3H3. The van der Waals surface area contributed by atoms with Gasteiger partial charge in [0.15, 0.2) is 0 Å². The zero-order valence-corrected chi connectivity index (χ0v) is 10.2. The average molecular weight is 229 g/mol. The second kappa shape index (κ2) is 4.87. The highest BCUT2D eigenvalue weighted by Crippen LogP contribution is 2.26. The highest BCUT2D eigenvalue weighted by atomic mass is 16.5. The fourth-order valence-corrected chi connectivity index (χ4v) is 1.71. The van der Waals surface area contributed by atoms with E-state index in [1.54, 1.807) is 14.2 Å². The lowest BCUT2D eigenvalue weighted by atomic mass is 10.0. The molecule has 1 aromatic heterocycles. The molecule has 0 aliphatic rings. The first-order valence-corrected chi connectivity index (χ1v) is 5.39. The highest BCUT2D eigenvalue weighted by molar-refractivity contribution is 5.67. The molecule has 0 spiro atoms. The summed E-state index contributed by atoms with van der Waals surface area (Å²) in [7, 11) is 3.28. The number of hydrogen-bond donors (Lipinski definition) is 0. The molecule has 17 heavy (non-hydrogen) atoms. The van der Waals surface area contributed by atoms with E-state index in [4.69, 9.17) is 9.47 Å². The Balaban J connectivity index is 2.38. The monoisotopic (exact) mass is 229 g/mol. The van der Waals surface area contributed by atoms with Gasteiger partial charge in [-0.25, -0.2) is 4.98 Å². The third kappa shape index (κ3) is 2.38. The minimum absolute atomic E-state index is 0.639. The summed E-state index contributed by atoms with van der Waals surface area (Å²) in [6.07, 6.45) is 1.83. The minimum Gasteiger partial charge on any atom is -0.497 e. The number of pyridine rings is 1. The number of nitrogens with zero attached hydrogens (tertiary/aromatic N) is 1. The van der Waals surface area contributed by atoms with Crippen molar-refractivity contribution in [3.8, 4) is 22.8 Å². The second-order valence-electron chi connectivity index (χ2n) is 3.77. The zero-order chi connectivity index (χ0) is 12.3. The van der Waals surface area contributed by atoms with E-state index in [0.717, 1.165) is 22.4 Å². The van der Waals surface area contributed by atoms with E-state index in [0.29, 0.717) is 5.88 Å². The lowest BCUT2D eigenvalue weighted by Gasteiger charge is -2.08. The molecule has 0 atom stereocenters. The smallest absolute Gasteiger partial charge is 0.213 e. The molecule has 0 bridgehead atoms. The van der Waals surface area contributed by atoms with Crippen molar-refractivity contribution in [2.45, 2.75) is 6.92 Å². The molecule has 0 amide bonds. The van der Waals surface area contributed by atoms with E-state index in [1.807, 2.05) is 43.5 Å². The van der Waals surface area contributed by atoms with Crippen LogP contribution in [0.1, 0.15) is 5.56 Å². The van der Waals surface area contributed by atoms with E-state index >= 15 is 0 Å². The summed E-state index contributed by atoms with van der Waals surface area (Å²) in [4.78, 5) is 4.22. The molecule has 0 unspecified atom stereocenters. The van der Waals surface area contributed by atoms with Crippen LogP contribution in [0.15, 0.2) is 36.5 Å². The van der Waals surface area contributed by atoms with Crippen molar-refractivity contribution < 1.29 is 9.47 Å². The molecule has 1 aromatic carbocycles. The van der Waals surface area contributed by atoms with Crippen LogP contribution in [-0.2, 0) is 0 Å². The van der Waals surface area contributed by atoms with Crippen molar-refractivity contribution in [1.82, 2.24) is 4.98 Å². The Morgan fingerprint density at radius 3 is 2.24 bits per heavy atom. The molecule has 0 aliphatic carbocycles. The van der Waals surface area contributed by atoms with Gasteiger partial charge in [-0.1, -0.05) is 12.1 Å². The van der Waals surface area contributed by atoms with Crippen LogP contribution < -0.4 is 9.47 Å². The van der Waals surface area contributed by atoms with Crippen LogP contribution in [0, 0.1) is 6.92 Å². The molecule has 0 fully saturated rings. The van der Waals surface area contributed by atoms with E-state index in [-0.39, 0.29) is 0 Å². The maximum Gasteiger partial charge on any atom is 0.213 e. The van der Waals surface area contributed by atoms with Gasteiger partial charge in [0.1, 0.15) is 5.75 Å². The van der Waals surface area contributed by atoms with Gasteiger partial charge in [0.05, 0.1) is 14.2 Å². The quantitative estimate of drug-likeness (QED) is 0.810. The maximum atomic E-state index is 5.14. The zero-order valence-electron chi connectivity index (χ0n) is 10.2. The van der Waals surface area contributed by atoms with Gasteiger partial charge in [-0.15, -0.1) is 0 Å². The van der Waals surface area contributed by atoms with Crippen molar-refractivity contribution in [3.05, 3.63) is 42.1 Å². The molecular weight excluding hydrogens is 214 g/mol. The Bertz CT molecular complexity index is 506. The number of hydrogen-bond acceptors (Lipinski definition) is 3. The van der Waals surface area contributed by atoms with E-state index in [1.165, 1.54) is 0 Å². The van der Waals surface area contributed by atoms with Crippen LogP contribution >= 0.6 is 0 Å². The van der Waals surface area contributed by atoms with Crippen LogP contribution in [-0.4, -0.2) is 19.2 Å². The molecule has 0 aliphatic heterocycles. The predicted octanol–water partition coefficient (Wildman–Crippen LogP) is 3.07. The van der Waals surface area contributed by atoms with Gasteiger partial charge < -0.3 is 9.47 Å². The Morgan fingerprint density at radius 1 is 1.00 bits per heavy atom. The topological polar surface area (TPSA) is 31.4 Å². The first-order chi connectivity index (χ1) is 8.24.